The number of hydrogen-bond donors (Lipinski definition) is 3. The number of halogens is 1. The van der Waals surface area contributed by atoms with Crippen LogP contribution in [0.3, 0.4) is 0 Å². The topological polar surface area (TPSA) is 126 Å². The first-order chi connectivity index (χ1) is 16.8. The van der Waals surface area contributed by atoms with Crippen LogP contribution in [-0.4, -0.2) is 48.2 Å². The molecule has 2 heterocycles. The van der Waals surface area contributed by atoms with Crippen LogP contribution in [0.25, 0.3) is 44.7 Å². The van der Waals surface area contributed by atoms with Crippen molar-refractivity contribution in [1.29, 1.82) is 0 Å². The molecule has 1 fully saturated rings. The third-order valence-corrected chi connectivity index (χ3v) is 7.86. The van der Waals surface area contributed by atoms with E-state index in [4.69, 9.17) is 0 Å². The van der Waals surface area contributed by atoms with Gasteiger partial charge in [-0.3, -0.25) is 4.79 Å². The second-order valence-electron chi connectivity index (χ2n) is 9.65. The number of benzene rings is 2. The van der Waals surface area contributed by atoms with E-state index in [1.807, 2.05) is 12.1 Å². The highest BCUT2D eigenvalue weighted by molar-refractivity contribution is 9.10. The van der Waals surface area contributed by atoms with E-state index in [0.29, 0.717) is 12.2 Å². The minimum Gasteiger partial charge on any atom is -0.480 e. The second kappa shape index (κ2) is 7.74. The molecule has 2 aliphatic carbocycles. The summed E-state index contributed by atoms with van der Waals surface area (Å²) in [6, 6.07) is 9.18. The van der Waals surface area contributed by atoms with Crippen LogP contribution in [0, 0.1) is 18.8 Å². The van der Waals surface area contributed by atoms with E-state index in [9.17, 15) is 14.7 Å². The van der Waals surface area contributed by atoms with Crippen LogP contribution in [0.5, 0.6) is 0 Å². The molecule has 10 heteroatoms. The van der Waals surface area contributed by atoms with Gasteiger partial charge in [-0.2, -0.15) is 0 Å². The summed E-state index contributed by atoms with van der Waals surface area (Å²) in [5.41, 5.74) is 7.20. The highest BCUT2D eigenvalue weighted by Crippen LogP contribution is 2.52. The number of hydrogen-bond acceptors (Lipinski definition) is 5. The van der Waals surface area contributed by atoms with Gasteiger partial charge in [0.2, 0.25) is 5.91 Å². The van der Waals surface area contributed by atoms with Gasteiger partial charge >= 0.3 is 5.97 Å². The van der Waals surface area contributed by atoms with Gasteiger partial charge in [0, 0.05) is 22.0 Å². The van der Waals surface area contributed by atoms with Crippen LogP contribution in [0.15, 0.2) is 34.8 Å². The zero-order valence-electron chi connectivity index (χ0n) is 19.3. The predicted molar refractivity (Wildman–Crippen MR) is 134 cm³/mol. The Bertz CT molecular complexity index is 1540. The standard InChI is InChI=1S/C25H23BrN6O3/c1-10(2)21(25(34)35)28-24(33)14-9-16(14)32-23(29-30-31-32)18-12-5-4-6-13(18)22-20(26)19-15(27-22)8-7-11(3)17(12)19/h4-8,10,14,16,21,27H,9H2,1-3H3,(H,28,33)(H,34,35)/t14?,16?,21-/m0/s1. The molecule has 0 spiro atoms. The number of rotatable bonds is 6. The molecule has 178 valence electrons. The number of tetrazole rings is 1. The number of carbonyl (C=O) groups is 2. The number of carboxylic acid groups (broad SMARTS) is 1. The third-order valence-electron chi connectivity index (χ3n) is 7.07. The van der Waals surface area contributed by atoms with Crippen LogP contribution in [-0.2, 0) is 9.59 Å². The molecule has 2 aromatic carbocycles. The monoisotopic (exact) mass is 534 g/mol. The van der Waals surface area contributed by atoms with Crippen molar-refractivity contribution in [2.75, 3.05) is 0 Å². The highest BCUT2D eigenvalue weighted by Gasteiger charge is 2.48. The molecule has 1 saturated carbocycles. The Hall–Kier alpha value is -3.53. The highest BCUT2D eigenvalue weighted by atomic mass is 79.9. The van der Waals surface area contributed by atoms with Crippen LogP contribution < -0.4 is 5.32 Å². The van der Waals surface area contributed by atoms with Crippen LogP contribution in [0.2, 0.25) is 0 Å². The molecule has 2 aromatic heterocycles. The van der Waals surface area contributed by atoms with E-state index in [2.05, 4.69) is 66.9 Å². The smallest absolute Gasteiger partial charge is 0.326 e. The number of H-pyrrole nitrogens is 1. The SMILES string of the molecule is Cc1ccc2[nH]c3c(Br)c2c1-c1cccc-3c1-c1nnnn1C1CC1C(=O)N[C@H](C(=O)O)C(C)C. The number of nitrogens with one attached hydrogen (secondary N) is 2. The fourth-order valence-corrected chi connectivity index (χ4v) is 5.91. The fourth-order valence-electron chi connectivity index (χ4n) is 5.19. The van der Waals surface area contributed by atoms with Crippen molar-refractivity contribution in [3.8, 4) is 33.8 Å². The van der Waals surface area contributed by atoms with Crippen LogP contribution in [0.4, 0.5) is 0 Å². The summed E-state index contributed by atoms with van der Waals surface area (Å²) < 4.78 is 2.72. The molecule has 35 heavy (non-hydrogen) atoms. The van der Waals surface area contributed by atoms with Crippen LogP contribution >= 0.6 is 15.9 Å². The molecular formula is C25H23BrN6O3. The van der Waals surface area contributed by atoms with Gasteiger partial charge < -0.3 is 15.4 Å². The molecule has 3 atom stereocenters. The molecule has 2 unspecified atom stereocenters. The lowest BCUT2D eigenvalue weighted by Gasteiger charge is -2.18. The van der Waals surface area contributed by atoms with Crippen molar-refractivity contribution < 1.29 is 14.7 Å². The molecular weight excluding hydrogens is 512 g/mol. The maximum Gasteiger partial charge on any atom is 0.326 e. The Kier molecular flexibility index (Phi) is 4.86. The lowest BCUT2D eigenvalue weighted by atomic mass is 9.91. The van der Waals surface area contributed by atoms with Crippen molar-refractivity contribution in [2.45, 2.75) is 39.3 Å². The molecule has 2 aliphatic rings. The van der Waals surface area contributed by atoms with Crippen molar-refractivity contribution >= 4 is 38.7 Å². The number of fused-ring (bicyclic) bond motifs is 5. The number of carbonyl (C=O) groups excluding carboxylic acids is 1. The Labute approximate surface area is 209 Å². The zero-order valence-corrected chi connectivity index (χ0v) is 20.9. The van der Waals surface area contributed by atoms with Gasteiger partial charge in [0.05, 0.1) is 22.1 Å². The van der Waals surface area contributed by atoms with Gasteiger partial charge in [-0.25, -0.2) is 9.48 Å². The molecule has 1 amide bonds. The number of aromatic nitrogens is 5. The molecule has 0 saturated heterocycles. The summed E-state index contributed by atoms with van der Waals surface area (Å²) in [5, 5.41) is 25.9. The first-order valence-corrected chi connectivity index (χ1v) is 12.3. The normalized spacial score (nSPS) is 18.7. The maximum absolute atomic E-state index is 12.9. The summed E-state index contributed by atoms with van der Waals surface area (Å²) in [6.07, 6.45) is 0.552. The van der Waals surface area contributed by atoms with Crippen molar-refractivity contribution in [3.05, 3.63) is 40.4 Å². The predicted octanol–water partition coefficient (Wildman–Crippen LogP) is 4.33. The van der Waals surface area contributed by atoms with E-state index in [0.717, 1.165) is 48.9 Å². The number of aromatic amines is 1. The molecule has 0 aliphatic heterocycles. The van der Waals surface area contributed by atoms with Gasteiger partial charge in [-0.1, -0.05) is 38.1 Å². The number of aryl methyl sites for hydroxylation is 1. The van der Waals surface area contributed by atoms with Gasteiger partial charge in [0.25, 0.3) is 0 Å². The number of carboxylic acids is 1. The third kappa shape index (κ3) is 3.23. The molecule has 0 radical (unpaired) electrons. The van der Waals surface area contributed by atoms with E-state index < -0.39 is 12.0 Å². The number of amides is 1. The van der Waals surface area contributed by atoms with E-state index in [1.54, 1.807) is 18.5 Å². The van der Waals surface area contributed by atoms with Gasteiger partial charge in [-0.15, -0.1) is 5.10 Å². The number of aliphatic carboxylic acids is 1. The molecule has 4 aromatic rings. The minimum atomic E-state index is -1.04. The van der Waals surface area contributed by atoms with Gasteiger partial charge in [0.15, 0.2) is 5.82 Å². The average Bonchev–Trinajstić information content (AvgIpc) is 3.36. The lowest BCUT2D eigenvalue weighted by molar-refractivity contribution is -0.143. The Morgan fingerprint density at radius 2 is 1.97 bits per heavy atom. The van der Waals surface area contributed by atoms with Gasteiger partial charge in [-0.05, 0) is 68.4 Å². The van der Waals surface area contributed by atoms with Gasteiger partial charge in [0.1, 0.15) is 6.04 Å². The first kappa shape index (κ1) is 22.0. The Morgan fingerprint density at radius 3 is 2.71 bits per heavy atom. The van der Waals surface area contributed by atoms with Crippen LogP contribution in [0.1, 0.15) is 31.9 Å². The van der Waals surface area contributed by atoms with E-state index in [-0.39, 0.29) is 23.8 Å². The quantitative estimate of drug-likeness (QED) is 0.297. The molecule has 4 bridgehead atoms. The van der Waals surface area contributed by atoms with E-state index in [1.165, 1.54) is 0 Å². The Balaban J connectivity index is 1.41. The lowest BCUT2D eigenvalue weighted by Crippen LogP contribution is -2.45. The van der Waals surface area contributed by atoms with Crippen molar-refractivity contribution in [3.63, 3.8) is 0 Å². The summed E-state index contributed by atoms with van der Waals surface area (Å²) >= 11 is 3.81. The maximum atomic E-state index is 12.9. The second-order valence-corrected chi connectivity index (χ2v) is 10.4. The minimum absolute atomic E-state index is 0.219. The zero-order chi connectivity index (χ0) is 24.6. The summed E-state index contributed by atoms with van der Waals surface area (Å²) in [5.74, 6) is -1.33. The Morgan fingerprint density at radius 1 is 1.20 bits per heavy atom. The molecule has 9 nitrogen and oxygen atoms in total. The van der Waals surface area contributed by atoms with Crippen molar-refractivity contribution in [1.82, 2.24) is 30.5 Å². The van der Waals surface area contributed by atoms with E-state index >= 15 is 0 Å². The number of nitrogens with zero attached hydrogens (tertiary/aromatic N) is 4. The summed E-state index contributed by atoms with van der Waals surface area (Å²) in [4.78, 5) is 27.9. The molecule has 6 rings (SSSR count). The average molecular weight is 535 g/mol. The summed E-state index contributed by atoms with van der Waals surface area (Å²) in [6.45, 7) is 5.64. The first-order valence-electron chi connectivity index (χ1n) is 11.5. The fraction of sp³-hybridized carbons (Fsp3) is 0.320. The van der Waals surface area contributed by atoms with Crippen molar-refractivity contribution in [2.24, 2.45) is 11.8 Å². The largest absolute Gasteiger partial charge is 0.480 e. The molecule has 3 N–H and O–H groups in total. The summed E-state index contributed by atoms with van der Waals surface area (Å²) in [7, 11) is 0.